The normalized spacial score (nSPS) is 14.8. The van der Waals surface area contributed by atoms with Gasteiger partial charge in [-0.2, -0.15) is 0 Å². The predicted octanol–water partition coefficient (Wildman–Crippen LogP) is 4.45. The molecule has 0 saturated carbocycles. The summed E-state index contributed by atoms with van der Waals surface area (Å²) < 4.78 is 6.95. The third kappa shape index (κ3) is 5.09. The van der Waals surface area contributed by atoms with Crippen LogP contribution in [0.25, 0.3) is 6.08 Å². The number of anilines is 1. The number of carbonyl (C=O) groups excluding carboxylic acids is 3. The Balaban J connectivity index is 1.73. The smallest absolute Gasteiger partial charge is 0.329 e. The van der Waals surface area contributed by atoms with E-state index in [-0.39, 0.29) is 12.2 Å². The number of rotatable bonds is 6. The van der Waals surface area contributed by atoms with Crippen LogP contribution in [0.4, 0.5) is 10.5 Å². The van der Waals surface area contributed by atoms with E-state index in [0.717, 1.165) is 10.5 Å². The van der Waals surface area contributed by atoms with Crippen LogP contribution in [0, 0.1) is 6.92 Å². The van der Waals surface area contributed by atoms with Crippen LogP contribution in [0.1, 0.15) is 18.1 Å². The molecule has 1 saturated heterocycles. The van der Waals surface area contributed by atoms with Gasteiger partial charge in [0.2, 0.25) is 5.91 Å². The van der Waals surface area contributed by atoms with Crippen molar-refractivity contribution in [3.8, 4) is 5.75 Å². The summed E-state index contributed by atoms with van der Waals surface area (Å²) in [6.07, 6.45) is 1.55. The van der Waals surface area contributed by atoms with E-state index in [9.17, 15) is 14.4 Å². The maximum Gasteiger partial charge on any atom is 0.329 e. The van der Waals surface area contributed by atoms with Gasteiger partial charge in [-0.25, -0.2) is 9.69 Å². The highest BCUT2D eigenvalue weighted by atomic mass is 79.9. The van der Waals surface area contributed by atoms with Crippen molar-refractivity contribution < 1.29 is 19.1 Å². The number of urea groups is 1. The number of amides is 4. The zero-order chi connectivity index (χ0) is 21.8. The summed E-state index contributed by atoms with van der Waals surface area (Å²) in [6, 6.07) is 10.2. The van der Waals surface area contributed by atoms with E-state index in [0.29, 0.717) is 32.6 Å². The maximum atomic E-state index is 12.6. The molecule has 2 N–H and O–H groups in total. The van der Waals surface area contributed by atoms with Crippen LogP contribution < -0.4 is 15.4 Å². The molecule has 1 aliphatic rings. The first-order valence-electron chi connectivity index (χ1n) is 9.11. The van der Waals surface area contributed by atoms with E-state index in [1.807, 2.05) is 26.0 Å². The second kappa shape index (κ2) is 9.44. The van der Waals surface area contributed by atoms with Gasteiger partial charge in [0.05, 0.1) is 15.6 Å². The molecule has 7 nitrogen and oxygen atoms in total. The van der Waals surface area contributed by atoms with Crippen LogP contribution in [0.5, 0.6) is 5.75 Å². The number of hydrogen-bond donors (Lipinski definition) is 2. The van der Waals surface area contributed by atoms with Gasteiger partial charge in [-0.05, 0) is 87.2 Å². The van der Waals surface area contributed by atoms with Gasteiger partial charge in [-0.1, -0.05) is 12.1 Å². The second-order valence-corrected chi connectivity index (χ2v) is 8.25. The first kappa shape index (κ1) is 22.0. The number of nitrogens with one attached hydrogen (secondary N) is 2. The van der Waals surface area contributed by atoms with Crippen molar-refractivity contribution in [1.82, 2.24) is 10.2 Å². The third-order valence-electron chi connectivity index (χ3n) is 4.19. The molecule has 4 amide bonds. The van der Waals surface area contributed by atoms with Gasteiger partial charge < -0.3 is 15.4 Å². The van der Waals surface area contributed by atoms with Crippen molar-refractivity contribution in [3.63, 3.8) is 0 Å². The van der Waals surface area contributed by atoms with Gasteiger partial charge in [-0.3, -0.25) is 9.59 Å². The molecule has 2 aromatic rings. The Morgan fingerprint density at radius 2 is 1.90 bits per heavy atom. The topological polar surface area (TPSA) is 87.7 Å². The molecule has 9 heteroatoms. The fourth-order valence-corrected chi connectivity index (χ4v) is 4.34. The molecule has 2 aromatic carbocycles. The summed E-state index contributed by atoms with van der Waals surface area (Å²) in [5, 5.41) is 5.21. The lowest BCUT2D eigenvalue weighted by molar-refractivity contribution is -0.127. The molecular formula is C21H19Br2N3O4. The summed E-state index contributed by atoms with van der Waals surface area (Å²) >= 11 is 6.87. The quantitative estimate of drug-likeness (QED) is 0.421. The van der Waals surface area contributed by atoms with E-state index in [1.54, 1.807) is 30.3 Å². The number of hydrogen-bond acceptors (Lipinski definition) is 4. The molecule has 3 rings (SSSR count). The zero-order valence-electron chi connectivity index (χ0n) is 16.3. The third-order valence-corrected chi connectivity index (χ3v) is 5.36. The minimum absolute atomic E-state index is 0.0892. The number of imide groups is 1. The number of nitrogens with zero attached hydrogens (tertiary/aromatic N) is 1. The second-order valence-electron chi connectivity index (χ2n) is 6.54. The lowest BCUT2D eigenvalue weighted by Crippen LogP contribution is -2.38. The number of ether oxygens (including phenoxy) is 1. The van der Waals surface area contributed by atoms with Gasteiger partial charge in [0.15, 0.2) is 0 Å². The number of halogens is 2. The molecule has 30 heavy (non-hydrogen) atoms. The fourth-order valence-electron chi connectivity index (χ4n) is 2.89. The standard InChI is InChI=1S/C21H19Br2N3O4/c1-3-30-19-15(22)8-13(9-16(19)23)10-17-20(28)26(21(29)25-17)11-18(27)24-14-6-4-5-12(2)7-14/h4-10H,3,11H2,1-2H3,(H,24,27)(H,25,29)/b17-10+. The lowest BCUT2D eigenvalue weighted by atomic mass is 10.2. The van der Waals surface area contributed by atoms with E-state index < -0.39 is 17.8 Å². The molecule has 156 valence electrons. The minimum atomic E-state index is -0.644. The fraction of sp³-hybridized carbons (Fsp3) is 0.190. The van der Waals surface area contributed by atoms with Crippen molar-refractivity contribution in [3.05, 3.63) is 62.2 Å². The maximum absolute atomic E-state index is 12.6. The molecule has 1 aliphatic heterocycles. The molecule has 1 fully saturated rings. The number of benzene rings is 2. The van der Waals surface area contributed by atoms with Crippen molar-refractivity contribution in [2.24, 2.45) is 0 Å². The summed E-state index contributed by atoms with van der Waals surface area (Å²) in [6.45, 7) is 3.91. The Morgan fingerprint density at radius 1 is 1.20 bits per heavy atom. The molecule has 0 spiro atoms. The first-order valence-corrected chi connectivity index (χ1v) is 10.7. The minimum Gasteiger partial charge on any atom is -0.492 e. The van der Waals surface area contributed by atoms with E-state index in [2.05, 4.69) is 42.5 Å². The first-order chi connectivity index (χ1) is 14.3. The number of carbonyl (C=O) groups is 3. The van der Waals surface area contributed by atoms with E-state index in [4.69, 9.17) is 4.74 Å². The van der Waals surface area contributed by atoms with Crippen molar-refractivity contribution in [2.75, 3.05) is 18.5 Å². The Kier molecular flexibility index (Phi) is 6.94. The SMILES string of the molecule is CCOc1c(Br)cc(/C=C2/NC(=O)N(CC(=O)Nc3cccc(C)c3)C2=O)cc1Br. The summed E-state index contributed by atoms with van der Waals surface area (Å²) in [5.41, 5.74) is 2.35. The Morgan fingerprint density at radius 3 is 2.53 bits per heavy atom. The molecule has 0 radical (unpaired) electrons. The van der Waals surface area contributed by atoms with E-state index in [1.165, 1.54) is 0 Å². The van der Waals surface area contributed by atoms with Crippen LogP contribution in [0.2, 0.25) is 0 Å². The van der Waals surface area contributed by atoms with Gasteiger partial charge in [-0.15, -0.1) is 0 Å². The molecular weight excluding hydrogens is 518 g/mol. The predicted molar refractivity (Wildman–Crippen MR) is 121 cm³/mol. The van der Waals surface area contributed by atoms with Crippen LogP contribution >= 0.6 is 31.9 Å². The van der Waals surface area contributed by atoms with Crippen LogP contribution in [0.15, 0.2) is 51.0 Å². The van der Waals surface area contributed by atoms with E-state index >= 15 is 0 Å². The van der Waals surface area contributed by atoms with Crippen molar-refractivity contribution >= 4 is 61.5 Å². The van der Waals surface area contributed by atoms with Crippen molar-refractivity contribution in [1.29, 1.82) is 0 Å². The molecule has 0 aromatic heterocycles. The largest absolute Gasteiger partial charge is 0.492 e. The van der Waals surface area contributed by atoms with Crippen molar-refractivity contribution in [2.45, 2.75) is 13.8 Å². The van der Waals surface area contributed by atoms with Crippen LogP contribution in [-0.2, 0) is 9.59 Å². The zero-order valence-corrected chi connectivity index (χ0v) is 19.5. The number of aryl methyl sites for hydroxylation is 1. The summed E-state index contributed by atoms with van der Waals surface area (Å²) in [7, 11) is 0. The monoisotopic (exact) mass is 535 g/mol. The summed E-state index contributed by atoms with van der Waals surface area (Å²) in [4.78, 5) is 38.0. The van der Waals surface area contributed by atoms with Gasteiger partial charge in [0, 0.05) is 5.69 Å². The van der Waals surface area contributed by atoms with Gasteiger partial charge in [0.1, 0.15) is 18.0 Å². The molecule has 0 bridgehead atoms. The molecule has 0 unspecified atom stereocenters. The molecule has 0 aliphatic carbocycles. The van der Waals surface area contributed by atoms with Gasteiger partial charge >= 0.3 is 6.03 Å². The van der Waals surface area contributed by atoms with Crippen LogP contribution in [-0.4, -0.2) is 35.9 Å². The highest BCUT2D eigenvalue weighted by Gasteiger charge is 2.35. The highest BCUT2D eigenvalue weighted by Crippen LogP contribution is 2.35. The average molecular weight is 537 g/mol. The Labute approximate surface area is 190 Å². The molecule has 1 heterocycles. The Hall–Kier alpha value is -2.65. The lowest BCUT2D eigenvalue weighted by Gasteiger charge is -2.12. The molecule has 0 atom stereocenters. The van der Waals surface area contributed by atoms with Crippen LogP contribution in [0.3, 0.4) is 0 Å². The average Bonchev–Trinajstić information content (AvgIpc) is 2.92. The highest BCUT2D eigenvalue weighted by molar-refractivity contribution is 9.11. The Bertz CT molecular complexity index is 1030. The van der Waals surface area contributed by atoms with Gasteiger partial charge in [0.25, 0.3) is 5.91 Å². The summed E-state index contributed by atoms with van der Waals surface area (Å²) in [5.74, 6) is -0.381.